The van der Waals surface area contributed by atoms with Crippen molar-refractivity contribution < 1.29 is 22.7 Å². The van der Waals surface area contributed by atoms with Crippen LogP contribution in [0.15, 0.2) is 66.7 Å². The van der Waals surface area contributed by atoms with Gasteiger partial charge in [0.05, 0.1) is 17.5 Å². The number of para-hydroxylation sites is 1. The minimum absolute atomic E-state index is 0.0363. The summed E-state index contributed by atoms with van der Waals surface area (Å²) in [6.45, 7) is -0.440. The van der Waals surface area contributed by atoms with Crippen LogP contribution in [0.4, 0.5) is 5.69 Å². The molecule has 0 spiro atoms. The van der Waals surface area contributed by atoms with Gasteiger partial charge in [0.1, 0.15) is 0 Å². The molecule has 0 aliphatic heterocycles. The van der Waals surface area contributed by atoms with Crippen LogP contribution in [-0.4, -0.2) is 33.0 Å². The molecule has 0 heterocycles. The number of hydrogen-bond acceptors (Lipinski definition) is 5. The quantitative estimate of drug-likeness (QED) is 0.521. The maximum absolute atomic E-state index is 12.3. The van der Waals surface area contributed by atoms with Gasteiger partial charge < -0.3 is 4.74 Å². The van der Waals surface area contributed by atoms with Gasteiger partial charge in [-0.15, -0.1) is 0 Å². The first-order valence-electron chi connectivity index (χ1n) is 8.09. The monoisotopic (exact) mass is 383 g/mol. The summed E-state index contributed by atoms with van der Waals surface area (Å²) in [5, 5.41) is 1.92. The Balaban J connectivity index is 1.72. The number of benzene rings is 3. The number of ketones is 1. The zero-order valence-corrected chi connectivity index (χ0v) is 15.3. The predicted molar refractivity (Wildman–Crippen MR) is 103 cm³/mol. The van der Waals surface area contributed by atoms with Crippen LogP contribution in [0.1, 0.15) is 20.7 Å². The Bertz CT molecular complexity index is 1120. The first kappa shape index (κ1) is 18.6. The number of esters is 1. The summed E-state index contributed by atoms with van der Waals surface area (Å²) in [5.41, 5.74) is 0.571. The first-order chi connectivity index (χ1) is 12.8. The Hall–Kier alpha value is -3.19. The number of sulfonamides is 1. The van der Waals surface area contributed by atoms with E-state index in [-0.39, 0.29) is 17.0 Å². The molecule has 0 bridgehead atoms. The summed E-state index contributed by atoms with van der Waals surface area (Å²) in [6.07, 6.45) is 0.984. The first-order valence-corrected chi connectivity index (χ1v) is 9.98. The van der Waals surface area contributed by atoms with E-state index in [1.807, 2.05) is 30.3 Å². The topological polar surface area (TPSA) is 89.5 Å². The number of fused-ring (bicyclic) bond motifs is 1. The molecule has 0 aliphatic carbocycles. The van der Waals surface area contributed by atoms with E-state index in [9.17, 15) is 18.0 Å². The van der Waals surface area contributed by atoms with Crippen molar-refractivity contribution in [2.24, 2.45) is 0 Å². The summed E-state index contributed by atoms with van der Waals surface area (Å²) >= 11 is 0. The summed E-state index contributed by atoms with van der Waals surface area (Å²) in [6, 6.07) is 18.9. The van der Waals surface area contributed by atoms with Gasteiger partial charge in [0.15, 0.2) is 12.4 Å². The molecule has 138 valence electrons. The van der Waals surface area contributed by atoms with E-state index < -0.39 is 22.6 Å². The van der Waals surface area contributed by atoms with E-state index in [2.05, 4.69) is 4.72 Å². The second kappa shape index (κ2) is 7.59. The highest BCUT2D eigenvalue weighted by atomic mass is 32.2. The molecule has 0 unspecified atom stereocenters. The lowest BCUT2D eigenvalue weighted by molar-refractivity contribution is 0.0476. The molecule has 0 amide bonds. The number of hydrogen-bond donors (Lipinski definition) is 1. The predicted octanol–water partition coefficient (Wildman–Crippen LogP) is 3.25. The molecule has 3 aromatic carbocycles. The summed E-state index contributed by atoms with van der Waals surface area (Å²) in [7, 11) is -3.55. The van der Waals surface area contributed by atoms with Gasteiger partial charge in [-0.05, 0) is 29.0 Å². The van der Waals surface area contributed by atoms with Gasteiger partial charge in [0.25, 0.3) is 0 Å². The third kappa shape index (κ3) is 4.71. The van der Waals surface area contributed by atoms with Crippen LogP contribution < -0.4 is 4.72 Å². The lowest BCUT2D eigenvalue weighted by Gasteiger charge is -2.10. The lowest BCUT2D eigenvalue weighted by atomic mass is 10.0. The number of Topliss-reactive ketones (excluding diaryl/α,β-unsaturated/α-hetero) is 1. The molecule has 27 heavy (non-hydrogen) atoms. The number of rotatable bonds is 6. The fourth-order valence-corrected chi connectivity index (χ4v) is 3.18. The molecule has 3 rings (SSSR count). The third-order valence-corrected chi connectivity index (χ3v) is 4.44. The highest BCUT2D eigenvalue weighted by Gasteiger charge is 2.17. The third-order valence-electron chi connectivity index (χ3n) is 3.85. The van der Waals surface area contributed by atoms with Gasteiger partial charge in [-0.2, -0.15) is 0 Å². The van der Waals surface area contributed by atoms with Gasteiger partial charge in [0.2, 0.25) is 10.0 Å². The molecule has 0 saturated carbocycles. The molecule has 0 fully saturated rings. The summed E-state index contributed by atoms with van der Waals surface area (Å²) < 4.78 is 30.2. The molecule has 1 N–H and O–H groups in total. The Kier molecular flexibility index (Phi) is 5.23. The van der Waals surface area contributed by atoms with Crippen LogP contribution in [0, 0.1) is 0 Å². The second-order valence-electron chi connectivity index (χ2n) is 5.98. The van der Waals surface area contributed by atoms with E-state index in [1.54, 1.807) is 24.3 Å². The molecule has 0 atom stereocenters. The largest absolute Gasteiger partial charge is 0.454 e. The standard InChI is InChI=1S/C20H17NO5S/c1-27(24,25)21-18-9-5-4-8-17(18)20(23)26-13-19(22)16-11-10-14-6-2-3-7-15(14)12-16/h2-12,21H,13H2,1H3. The Morgan fingerprint density at radius 2 is 1.59 bits per heavy atom. The van der Waals surface area contributed by atoms with Crippen LogP contribution in [0.3, 0.4) is 0 Å². The fourth-order valence-electron chi connectivity index (χ4n) is 2.60. The maximum atomic E-state index is 12.3. The fraction of sp³-hybridized carbons (Fsp3) is 0.100. The number of carbonyl (C=O) groups excluding carboxylic acids is 2. The van der Waals surface area contributed by atoms with E-state index >= 15 is 0 Å². The Morgan fingerprint density at radius 3 is 2.33 bits per heavy atom. The van der Waals surface area contributed by atoms with E-state index in [0.717, 1.165) is 17.0 Å². The molecular weight excluding hydrogens is 366 g/mol. The summed E-state index contributed by atoms with van der Waals surface area (Å²) in [4.78, 5) is 24.6. The van der Waals surface area contributed by atoms with Crippen LogP contribution in [0.25, 0.3) is 10.8 Å². The van der Waals surface area contributed by atoms with Gasteiger partial charge >= 0.3 is 5.97 Å². The normalized spacial score (nSPS) is 11.1. The van der Waals surface area contributed by atoms with E-state index in [1.165, 1.54) is 12.1 Å². The van der Waals surface area contributed by atoms with Crippen molar-refractivity contribution in [3.8, 4) is 0 Å². The highest BCUT2D eigenvalue weighted by molar-refractivity contribution is 7.92. The summed E-state index contributed by atoms with van der Waals surface area (Å²) in [5.74, 6) is -1.13. The molecule has 0 aromatic heterocycles. The van der Waals surface area contributed by atoms with Gasteiger partial charge in [-0.25, -0.2) is 13.2 Å². The average Bonchev–Trinajstić information content (AvgIpc) is 2.64. The van der Waals surface area contributed by atoms with Crippen LogP contribution in [-0.2, 0) is 14.8 Å². The van der Waals surface area contributed by atoms with Crippen molar-refractivity contribution in [1.29, 1.82) is 0 Å². The second-order valence-corrected chi connectivity index (χ2v) is 7.73. The molecule has 0 radical (unpaired) electrons. The zero-order valence-electron chi connectivity index (χ0n) is 14.5. The number of ether oxygens (including phenoxy) is 1. The maximum Gasteiger partial charge on any atom is 0.340 e. The van der Waals surface area contributed by atoms with Crippen molar-refractivity contribution in [3.05, 3.63) is 77.9 Å². The van der Waals surface area contributed by atoms with Crippen LogP contribution in [0.5, 0.6) is 0 Å². The molecule has 7 heteroatoms. The molecule has 0 saturated heterocycles. The lowest BCUT2D eigenvalue weighted by Crippen LogP contribution is -2.17. The SMILES string of the molecule is CS(=O)(=O)Nc1ccccc1C(=O)OCC(=O)c1ccc2ccccc2c1. The molecule has 3 aromatic rings. The Labute approximate surface area is 156 Å². The van der Waals surface area contributed by atoms with Crippen molar-refractivity contribution in [1.82, 2.24) is 0 Å². The zero-order chi connectivity index (χ0) is 19.4. The minimum Gasteiger partial charge on any atom is -0.454 e. The van der Waals surface area contributed by atoms with Gasteiger partial charge in [0, 0.05) is 5.56 Å². The van der Waals surface area contributed by atoms with Crippen LogP contribution >= 0.6 is 0 Å². The number of nitrogens with one attached hydrogen (secondary N) is 1. The molecule has 6 nitrogen and oxygen atoms in total. The van der Waals surface area contributed by atoms with Crippen molar-refractivity contribution in [2.75, 3.05) is 17.6 Å². The van der Waals surface area contributed by atoms with Crippen molar-refractivity contribution in [2.45, 2.75) is 0 Å². The van der Waals surface area contributed by atoms with Gasteiger partial charge in [-0.1, -0.05) is 48.5 Å². The van der Waals surface area contributed by atoms with Gasteiger partial charge in [-0.3, -0.25) is 9.52 Å². The van der Waals surface area contributed by atoms with Crippen LogP contribution in [0.2, 0.25) is 0 Å². The van der Waals surface area contributed by atoms with E-state index in [0.29, 0.717) is 5.56 Å². The molecule has 0 aliphatic rings. The number of anilines is 1. The number of carbonyl (C=O) groups is 2. The van der Waals surface area contributed by atoms with Crippen molar-refractivity contribution >= 4 is 38.2 Å². The average molecular weight is 383 g/mol. The molecular formula is C20H17NO5S. The van der Waals surface area contributed by atoms with E-state index in [4.69, 9.17) is 4.74 Å². The minimum atomic E-state index is -3.55. The highest BCUT2D eigenvalue weighted by Crippen LogP contribution is 2.19. The Morgan fingerprint density at radius 1 is 0.926 bits per heavy atom. The smallest absolute Gasteiger partial charge is 0.340 e. The van der Waals surface area contributed by atoms with Crippen molar-refractivity contribution in [3.63, 3.8) is 0 Å².